The minimum Gasteiger partial charge on any atom is -0.466 e. The molecule has 1 unspecified atom stereocenters. The first-order valence-electron chi connectivity index (χ1n) is 10.6. The van der Waals surface area contributed by atoms with E-state index < -0.39 is 0 Å². The Kier molecular flexibility index (Phi) is 7.60. The summed E-state index contributed by atoms with van der Waals surface area (Å²) in [6.07, 6.45) is 4.84. The highest BCUT2D eigenvalue weighted by molar-refractivity contribution is 6.05. The minimum atomic E-state index is -0.188. The summed E-state index contributed by atoms with van der Waals surface area (Å²) in [5.41, 5.74) is 10.4. The van der Waals surface area contributed by atoms with Crippen LogP contribution in [0, 0.1) is 5.92 Å². The van der Waals surface area contributed by atoms with E-state index in [2.05, 4.69) is 23.0 Å². The zero-order valence-corrected chi connectivity index (χ0v) is 17.9. The predicted octanol–water partition coefficient (Wildman–Crippen LogP) is 3.89. The summed E-state index contributed by atoms with van der Waals surface area (Å²) in [5, 5.41) is 2.96. The first-order chi connectivity index (χ1) is 15.0. The Morgan fingerprint density at radius 2 is 1.94 bits per heavy atom. The van der Waals surface area contributed by atoms with Crippen LogP contribution in [0.15, 0.2) is 60.1 Å². The number of esters is 1. The third-order valence-electron chi connectivity index (χ3n) is 5.39. The highest BCUT2D eigenvalue weighted by atomic mass is 16.5. The summed E-state index contributed by atoms with van der Waals surface area (Å²) in [5.74, 6) is 0.364. The summed E-state index contributed by atoms with van der Waals surface area (Å²) in [4.78, 5) is 28.7. The quantitative estimate of drug-likeness (QED) is 0.294. The number of aliphatic imine (C=N–C) groups is 1. The van der Waals surface area contributed by atoms with Crippen LogP contribution in [0.5, 0.6) is 0 Å². The van der Waals surface area contributed by atoms with Crippen LogP contribution in [-0.2, 0) is 22.4 Å². The number of aryl methyl sites for hydroxylation is 1. The zero-order valence-electron chi connectivity index (χ0n) is 17.9. The van der Waals surface area contributed by atoms with Crippen molar-refractivity contribution in [3.05, 3.63) is 77.4 Å². The summed E-state index contributed by atoms with van der Waals surface area (Å²) < 4.78 is 5.08. The molecule has 0 saturated heterocycles. The lowest BCUT2D eigenvalue weighted by Crippen LogP contribution is -2.19. The van der Waals surface area contributed by atoms with Gasteiger partial charge < -0.3 is 15.8 Å². The van der Waals surface area contributed by atoms with Crippen LogP contribution in [0.25, 0.3) is 0 Å². The number of amides is 1. The van der Waals surface area contributed by atoms with Gasteiger partial charge in [0.15, 0.2) is 0 Å². The number of hydrogen-bond donors (Lipinski definition) is 2. The number of benzene rings is 2. The molecule has 2 aromatic rings. The van der Waals surface area contributed by atoms with Crippen molar-refractivity contribution < 1.29 is 14.3 Å². The van der Waals surface area contributed by atoms with Crippen molar-refractivity contribution in [1.29, 1.82) is 0 Å². The number of hydrogen-bond acceptors (Lipinski definition) is 4. The van der Waals surface area contributed by atoms with E-state index in [1.807, 2.05) is 19.1 Å². The van der Waals surface area contributed by atoms with Crippen LogP contribution in [0.2, 0.25) is 0 Å². The number of carbonyl (C=O) groups excluding carboxylic acids is 2. The fourth-order valence-corrected chi connectivity index (χ4v) is 3.79. The third-order valence-corrected chi connectivity index (χ3v) is 5.39. The summed E-state index contributed by atoms with van der Waals surface area (Å²) in [6.45, 7) is 6.30. The lowest BCUT2D eigenvalue weighted by Gasteiger charge is -2.24. The van der Waals surface area contributed by atoms with Crippen LogP contribution in [0.3, 0.4) is 0 Å². The molecule has 3 N–H and O–H groups in total. The lowest BCUT2D eigenvalue weighted by molar-refractivity contribution is -0.144. The predicted molar refractivity (Wildman–Crippen MR) is 123 cm³/mol. The molecule has 0 bridgehead atoms. The molecule has 0 radical (unpaired) electrons. The fraction of sp³-hybridized carbons (Fsp3) is 0.320. The second-order valence-electron chi connectivity index (χ2n) is 7.65. The topological polar surface area (TPSA) is 93.8 Å². The van der Waals surface area contributed by atoms with E-state index in [4.69, 9.17) is 10.5 Å². The maximum atomic E-state index is 12.7. The molecule has 162 valence electrons. The molecule has 31 heavy (non-hydrogen) atoms. The number of anilines is 1. The zero-order chi connectivity index (χ0) is 22.2. The van der Waals surface area contributed by atoms with E-state index in [1.165, 1.54) is 11.1 Å². The van der Waals surface area contributed by atoms with E-state index in [0.29, 0.717) is 31.0 Å². The molecule has 3 rings (SSSR count). The van der Waals surface area contributed by atoms with Crippen molar-refractivity contribution >= 4 is 23.4 Å². The summed E-state index contributed by atoms with van der Waals surface area (Å²) in [6, 6.07) is 13.0. The van der Waals surface area contributed by atoms with Gasteiger partial charge in [-0.2, -0.15) is 0 Å². The Morgan fingerprint density at radius 1 is 1.19 bits per heavy atom. The molecule has 1 aliphatic carbocycles. The maximum Gasteiger partial charge on any atom is 0.306 e. The molecule has 1 atom stereocenters. The second kappa shape index (κ2) is 10.6. The van der Waals surface area contributed by atoms with Gasteiger partial charge in [-0.05, 0) is 67.5 Å². The average Bonchev–Trinajstić information content (AvgIpc) is 2.77. The summed E-state index contributed by atoms with van der Waals surface area (Å²) in [7, 11) is 0. The molecule has 1 amide bonds. The number of fused-ring (bicyclic) bond motifs is 1. The standard InChI is InChI=1S/C25H29N3O3/c1-3-13-27-24(26)19-7-9-20(10-8-19)25(30)28-22-12-11-18-6-5-17(14-21(18)16-22)15-23(29)31-4-2/h3,7-12,16-17H,1,4-6,13-15H2,2H3,(H2,26,27)(H,28,30). The molecule has 2 aromatic carbocycles. The molecule has 0 aliphatic heterocycles. The number of ether oxygens (including phenoxy) is 1. The number of carbonyl (C=O) groups is 2. The molecular weight excluding hydrogens is 390 g/mol. The Hall–Kier alpha value is -3.41. The molecule has 0 fully saturated rings. The largest absolute Gasteiger partial charge is 0.466 e. The lowest BCUT2D eigenvalue weighted by atomic mass is 9.82. The van der Waals surface area contributed by atoms with Gasteiger partial charge in [0.1, 0.15) is 5.84 Å². The van der Waals surface area contributed by atoms with E-state index in [0.717, 1.165) is 30.5 Å². The van der Waals surface area contributed by atoms with Crippen molar-refractivity contribution in [2.24, 2.45) is 16.6 Å². The van der Waals surface area contributed by atoms with E-state index in [9.17, 15) is 9.59 Å². The van der Waals surface area contributed by atoms with Gasteiger partial charge in [0.2, 0.25) is 0 Å². The Morgan fingerprint density at radius 3 is 2.65 bits per heavy atom. The highest BCUT2D eigenvalue weighted by Crippen LogP contribution is 2.30. The third kappa shape index (κ3) is 6.04. The number of rotatable bonds is 8. The first kappa shape index (κ1) is 22.3. The average molecular weight is 420 g/mol. The molecule has 0 saturated carbocycles. The molecule has 1 aliphatic rings. The number of amidine groups is 1. The molecule has 6 nitrogen and oxygen atoms in total. The highest BCUT2D eigenvalue weighted by Gasteiger charge is 2.22. The van der Waals surface area contributed by atoms with Crippen molar-refractivity contribution in [3.63, 3.8) is 0 Å². The van der Waals surface area contributed by atoms with Gasteiger partial charge in [-0.1, -0.05) is 24.3 Å². The van der Waals surface area contributed by atoms with Gasteiger partial charge >= 0.3 is 5.97 Å². The molecular formula is C25H29N3O3. The fourth-order valence-electron chi connectivity index (χ4n) is 3.79. The van der Waals surface area contributed by atoms with Crippen molar-refractivity contribution in [3.8, 4) is 0 Å². The van der Waals surface area contributed by atoms with Gasteiger partial charge in [0.05, 0.1) is 13.2 Å². The Balaban J connectivity index is 1.65. The van der Waals surface area contributed by atoms with Gasteiger partial charge in [-0.15, -0.1) is 6.58 Å². The van der Waals surface area contributed by atoms with Gasteiger partial charge in [-0.25, -0.2) is 0 Å². The Labute approximate surface area is 183 Å². The maximum absolute atomic E-state index is 12.7. The van der Waals surface area contributed by atoms with Crippen LogP contribution in [0.1, 0.15) is 46.8 Å². The monoisotopic (exact) mass is 419 g/mol. The van der Waals surface area contributed by atoms with Crippen molar-refractivity contribution in [2.75, 3.05) is 18.5 Å². The van der Waals surface area contributed by atoms with Gasteiger partial charge in [0, 0.05) is 23.2 Å². The van der Waals surface area contributed by atoms with Gasteiger partial charge in [0.25, 0.3) is 5.91 Å². The molecule has 0 heterocycles. The van der Waals surface area contributed by atoms with Crippen LogP contribution < -0.4 is 11.1 Å². The minimum absolute atomic E-state index is 0.140. The van der Waals surface area contributed by atoms with E-state index in [-0.39, 0.29) is 17.8 Å². The first-order valence-corrected chi connectivity index (χ1v) is 10.6. The van der Waals surface area contributed by atoms with Gasteiger partial charge in [-0.3, -0.25) is 14.6 Å². The number of nitrogens with one attached hydrogen (secondary N) is 1. The number of nitrogens with two attached hydrogens (primary N) is 1. The molecule has 0 aromatic heterocycles. The smallest absolute Gasteiger partial charge is 0.306 e. The summed E-state index contributed by atoms with van der Waals surface area (Å²) >= 11 is 0. The normalized spacial score (nSPS) is 15.6. The number of nitrogens with zero attached hydrogens (tertiary/aromatic N) is 1. The Bertz CT molecular complexity index is 980. The van der Waals surface area contributed by atoms with Crippen LogP contribution >= 0.6 is 0 Å². The van der Waals surface area contributed by atoms with Crippen LogP contribution in [0.4, 0.5) is 5.69 Å². The van der Waals surface area contributed by atoms with Crippen molar-refractivity contribution in [2.45, 2.75) is 32.6 Å². The SMILES string of the molecule is C=CCN=C(N)c1ccc(C(=O)Nc2ccc3c(c2)CC(CC(=O)OCC)CC3)cc1. The molecule has 6 heteroatoms. The van der Waals surface area contributed by atoms with Crippen molar-refractivity contribution in [1.82, 2.24) is 0 Å². The second-order valence-corrected chi connectivity index (χ2v) is 7.65. The van der Waals surface area contributed by atoms with Crippen LogP contribution in [-0.4, -0.2) is 30.9 Å². The van der Waals surface area contributed by atoms with E-state index in [1.54, 1.807) is 30.3 Å². The molecule has 0 spiro atoms. The van der Waals surface area contributed by atoms with E-state index >= 15 is 0 Å².